The fraction of sp³-hybridized carbons (Fsp3) is 0.417. The van der Waals surface area contributed by atoms with Crippen LogP contribution in [0.2, 0.25) is 0 Å². The van der Waals surface area contributed by atoms with Crippen molar-refractivity contribution in [1.29, 1.82) is 0 Å². The van der Waals surface area contributed by atoms with Gasteiger partial charge in [0.2, 0.25) is 11.8 Å². The van der Waals surface area contributed by atoms with E-state index in [4.69, 9.17) is 14.2 Å². The molecule has 10 nitrogen and oxygen atoms in total. The molecule has 0 spiro atoms. The molecule has 3 aromatic heterocycles. The first-order valence-electron chi connectivity index (χ1n) is 11.6. The van der Waals surface area contributed by atoms with Gasteiger partial charge in [-0.3, -0.25) is 9.69 Å². The molecule has 6 rings (SSSR count). The highest BCUT2D eigenvalue weighted by molar-refractivity contribution is 5.93. The molecule has 5 heterocycles. The molecule has 3 aliphatic rings. The van der Waals surface area contributed by atoms with Gasteiger partial charge >= 0.3 is 6.09 Å². The zero-order chi connectivity index (χ0) is 23.1. The Balaban J connectivity index is 0.00000253. The third kappa shape index (κ3) is 4.89. The number of rotatable bonds is 4. The van der Waals surface area contributed by atoms with Crippen molar-refractivity contribution in [3.05, 3.63) is 36.8 Å². The van der Waals surface area contributed by atoms with Crippen LogP contribution in [0, 0.1) is 5.92 Å². The second-order valence-corrected chi connectivity index (χ2v) is 8.82. The largest absolute Gasteiger partial charge is 0.474 e. The molecule has 1 saturated heterocycles. The second-order valence-electron chi connectivity index (χ2n) is 8.82. The number of ether oxygens (including phenoxy) is 3. The molecule has 2 fully saturated rings. The van der Waals surface area contributed by atoms with Crippen LogP contribution in [-0.2, 0) is 14.3 Å². The van der Waals surface area contributed by atoms with Gasteiger partial charge in [-0.1, -0.05) is 0 Å². The average Bonchev–Trinajstić information content (AvgIpc) is 3.64. The van der Waals surface area contributed by atoms with Crippen LogP contribution in [0.25, 0.3) is 16.8 Å². The minimum absolute atomic E-state index is 0. The summed E-state index contributed by atoms with van der Waals surface area (Å²) in [5.74, 6) is 1.08. The van der Waals surface area contributed by atoms with Crippen LogP contribution in [0.4, 0.5) is 16.3 Å². The van der Waals surface area contributed by atoms with Gasteiger partial charge in [0.1, 0.15) is 24.0 Å². The SMILES string of the molecule is Cl.O=C(Nc1cn2cc(-c3cnc4c(c3)N(C(=O)OC3CCOCC3)CCO4)ccc2n1)C1CC1. The van der Waals surface area contributed by atoms with Crippen molar-refractivity contribution in [3.8, 4) is 17.0 Å². The predicted molar refractivity (Wildman–Crippen MR) is 130 cm³/mol. The van der Waals surface area contributed by atoms with Gasteiger partial charge < -0.3 is 23.9 Å². The summed E-state index contributed by atoms with van der Waals surface area (Å²) in [5, 5.41) is 2.88. The number of imidazole rings is 1. The maximum absolute atomic E-state index is 12.9. The van der Waals surface area contributed by atoms with E-state index in [1.807, 2.05) is 28.8 Å². The van der Waals surface area contributed by atoms with E-state index < -0.39 is 6.09 Å². The van der Waals surface area contributed by atoms with Crippen LogP contribution in [0.15, 0.2) is 36.8 Å². The third-order valence-corrected chi connectivity index (χ3v) is 6.32. The molecule has 184 valence electrons. The van der Waals surface area contributed by atoms with Crippen LogP contribution in [0.3, 0.4) is 0 Å². The molecular weight excluding hydrogens is 474 g/mol. The van der Waals surface area contributed by atoms with Crippen molar-refractivity contribution in [1.82, 2.24) is 14.4 Å². The number of fused-ring (bicyclic) bond motifs is 2. The molecule has 35 heavy (non-hydrogen) atoms. The molecule has 1 saturated carbocycles. The first-order valence-corrected chi connectivity index (χ1v) is 11.6. The Kier molecular flexibility index (Phi) is 6.48. The van der Waals surface area contributed by atoms with Crippen LogP contribution in [0.5, 0.6) is 5.88 Å². The molecule has 1 aliphatic carbocycles. The van der Waals surface area contributed by atoms with Crippen molar-refractivity contribution in [2.75, 3.05) is 36.6 Å². The fourth-order valence-corrected chi connectivity index (χ4v) is 4.24. The van der Waals surface area contributed by atoms with Crippen molar-refractivity contribution in [3.63, 3.8) is 0 Å². The number of carbonyl (C=O) groups is 2. The molecular formula is C24H26ClN5O5. The lowest BCUT2D eigenvalue weighted by Gasteiger charge is -2.31. The van der Waals surface area contributed by atoms with Gasteiger partial charge in [-0.15, -0.1) is 12.4 Å². The summed E-state index contributed by atoms with van der Waals surface area (Å²) in [6, 6.07) is 5.71. The van der Waals surface area contributed by atoms with Gasteiger partial charge in [0, 0.05) is 42.3 Å². The van der Waals surface area contributed by atoms with Gasteiger partial charge in [-0.2, -0.15) is 0 Å². The molecule has 0 unspecified atom stereocenters. The number of aromatic nitrogens is 3. The van der Waals surface area contributed by atoms with E-state index >= 15 is 0 Å². The molecule has 0 atom stereocenters. The molecule has 0 radical (unpaired) electrons. The Morgan fingerprint density at radius 2 is 1.89 bits per heavy atom. The second kappa shape index (κ2) is 9.71. The lowest BCUT2D eigenvalue weighted by atomic mass is 10.1. The summed E-state index contributed by atoms with van der Waals surface area (Å²) in [5.41, 5.74) is 3.03. The summed E-state index contributed by atoms with van der Waals surface area (Å²) in [4.78, 5) is 35.5. The highest BCUT2D eigenvalue weighted by Crippen LogP contribution is 2.35. The van der Waals surface area contributed by atoms with Gasteiger partial charge in [0.05, 0.1) is 26.0 Å². The Hall–Kier alpha value is -3.37. The number of carbonyl (C=O) groups excluding carboxylic acids is 2. The molecule has 11 heteroatoms. The maximum atomic E-state index is 12.9. The van der Waals surface area contributed by atoms with Crippen molar-refractivity contribution < 1.29 is 23.8 Å². The molecule has 1 N–H and O–H groups in total. The van der Waals surface area contributed by atoms with E-state index in [-0.39, 0.29) is 30.3 Å². The highest BCUT2D eigenvalue weighted by atomic mass is 35.5. The number of nitrogens with one attached hydrogen (secondary N) is 1. The number of anilines is 2. The van der Waals surface area contributed by atoms with Crippen LogP contribution >= 0.6 is 12.4 Å². The molecule has 0 aromatic carbocycles. The summed E-state index contributed by atoms with van der Waals surface area (Å²) in [6.07, 6.45) is 8.21. The maximum Gasteiger partial charge on any atom is 0.414 e. The molecule has 0 bridgehead atoms. The van der Waals surface area contributed by atoms with E-state index in [2.05, 4.69) is 15.3 Å². The quantitative estimate of drug-likeness (QED) is 0.583. The number of nitrogens with zero attached hydrogens (tertiary/aromatic N) is 4. The van der Waals surface area contributed by atoms with Gasteiger partial charge in [-0.05, 0) is 31.0 Å². The number of pyridine rings is 2. The molecule has 3 aromatic rings. The number of hydrogen-bond acceptors (Lipinski definition) is 7. The Morgan fingerprint density at radius 3 is 2.69 bits per heavy atom. The van der Waals surface area contributed by atoms with Crippen LogP contribution in [0.1, 0.15) is 25.7 Å². The highest BCUT2D eigenvalue weighted by Gasteiger charge is 2.30. The lowest BCUT2D eigenvalue weighted by Crippen LogP contribution is -2.41. The van der Waals surface area contributed by atoms with Gasteiger partial charge in [-0.25, -0.2) is 14.8 Å². The molecule has 2 aliphatic heterocycles. The summed E-state index contributed by atoms with van der Waals surface area (Å²) in [7, 11) is 0. The standard InChI is InChI=1S/C24H25N5O5.ClH/c30-22(15-1-2-15)27-20-14-28-13-16(3-4-21(28)26-20)17-11-19-23(25-12-17)33-10-7-29(19)24(31)34-18-5-8-32-9-6-18;/h3-4,11-15,18H,1-2,5-10H2,(H,27,30);1H. The summed E-state index contributed by atoms with van der Waals surface area (Å²) < 4.78 is 18.6. The average molecular weight is 500 g/mol. The van der Waals surface area contributed by atoms with E-state index in [9.17, 15) is 9.59 Å². The van der Waals surface area contributed by atoms with E-state index in [1.165, 1.54) is 0 Å². The normalized spacial score (nSPS) is 17.8. The van der Waals surface area contributed by atoms with Gasteiger partial charge in [0.25, 0.3) is 0 Å². The lowest BCUT2D eigenvalue weighted by molar-refractivity contribution is -0.117. The minimum atomic E-state index is -0.392. The fourth-order valence-electron chi connectivity index (χ4n) is 4.24. The van der Waals surface area contributed by atoms with Crippen molar-refractivity contribution in [2.24, 2.45) is 5.92 Å². The number of halogens is 1. The number of hydrogen-bond donors (Lipinski definition) is 1. The number of amides is 2. The monoisotopic (exact) mass is 499 g/mol. The van der Waals surface area contributed by atoms with Crippen LogP contribution < -0.4 is 15.0 Å². The third-order valence-electron chi connectivity index (χ3n) is 6.32. The van der Waals surface area contributed by atoms with Crippen LogP contribution in [-0.4, -0.2) is 58.8 Å². The summed E-state index contributed by atoms with van der Waals surface area (Å²) in [6.45, 7) is 1.96. The Labute approximate surface area is 208 Å². The Morgan fingerprint density at radius 1 is 1.06 bits per heavy atom. The van der Waals surface area contributed by atoms with E-state index in [0.29, 0.717) is 56.6 Å². The molecule has 2 amide bonds. The first kappa shape index (κ1) is 23.4. The topological polar surface area (TPSA) is 107 Å². The zero-order valence-corrected chi connectivity index (χ0v) is 19.8. The van der Waals surface area contributed by atoms with Crippen molar-refractivity contribution >= 4 is 41.6 Å². The Bertz CT molecular complexity index is 1250. The van der Waals surface area contributed by atoms with Crippen molar-refractivity contribution in [2.45, 2.75) is 31.8 Å². The predicted octanol–water partition coefficient (Wildman–Crippen LogP) is 3.68. The first-order chi connectivity index (χ1) is 16.6. The minimum Gasteiger partial charge on any atom is -0.474 e. The van der Waals surface area contributed by atoms with E-state index in [0.717, 1.165) is 29.6 Å². The van der Waals surface area contributed by atoms with Gasteiger partial charge in [0.15, 0.2) is 5.82 Å². The van der Waals surface area contributed by atoms with E-state index in [1.54, 1.807) is 17.3 Å². The smallest absolute Gasteiger partial charge is 0.414 e. The zero-order valence-electron chi connectivity index (χ0n) is 19.0. The summed E-state index contributed by atoms with van der Waals surface area (Å²) >= 11 is 0.